The van der Waals surface area contributed by atoms with Crippen molar-refractivity contribution in [1.29, 1.82) is 0 Å². The van der Waals surface area contributed by atoms with Crippen molar-refractivity contribution in [3.63, 3.8) is 0 Å². The van der Waals surface area contributed by atoms with Crippen molar-refractivity contribution in [2.75, 3.05) is 6.54 Å². The molecule has 1 aliphatic heterocycles. The van der Waals surface area contributed by atoms with Crippen LogP contribution < -0.4 is 10.6 Å². The van der Waals surface area contributed by atoms with E-state index in [0.29, 0.717) is 6.42 Å². The van der Waals surface area contributed by atoms with Crippen molar-refractivity contribution in [2.24, 2.45) is 0 Å². The topological polar surface area (TPSA) is 41.1 Å². The Morgan fingerprint density at radius 2 is 2.13 bits per heavy atom. The number of hydrogen-bond acceptors (Lipinski definition) is 2. The first kappa shape index (κ1) is 12.3. The van der Waals surface area contributed by atoms with E-state index in [0.717, 1.165) is 0 Å². The van der Waals surface area contributed by atoms with Crippen LogP contribution in [0.5, 0.6) is 0 Å². The Kier molecular flexibility index (Phi) is 3.28. The van der Waals surface area contributed by atoms with Crippen LogP contribution in [0.4, 0.5) is 13.2 Å². The molecule has 2 N–H and O–H groups in total. The summed E-state index contributed by atoms with van der Waals surface area (Å²) in [5.41, 5.74) is -0.753. The zero-order valence-corrected chi connectivity index (χ0v) is 8.74. The number of alkyl halides is 3. The summed E-state index contributed by atoms with van der Waals surface area (Å²) in [6, 6.07) is -1.52. The molecule has 0 aromatic heterocycles. The molecule has 1 heterocycles. The summed E-state index contributed by atoms with van der Waals surface area (Å²) in [7, 11) is 0. The van der Waals surface area contributed by atoms with Gasteiger partial charge < -0.3 is 10.6 Å². The predicted molar refractivity (Wildman–Crippen MR) is 49.3 cm³/mol. The van der Waals surface area contributed by atoms with Crippen molar-refractivity contribution >= 4 is 5.91 Å². The molecule has 88 valence electrons. The van der Waals surface area contributed by atoms with E-state index in [1.54, 1.807) is 6.92 Å². The van der Waals surface area contributed by atoms with Crippen LogP contribution in [-0.2, 0) is 4.79 Å². The van der Waals surface area contributed by atoms with Gasteiger partial charge in [0, 0.05) is 12.5 Å². The summed E-state index contributed by atoms with van der Waals surface area (Å²) in [5, 5.41) is 4.99. The molecule has 6 heteroatoms. The average Bonchev–Trinajstić information content (AvgIpc) is 1.99. The van der Waals surface area contributed by atoms with Gasteiger partial charge in [-0.1, -0.05) is 0 Å². The van der Waals surface area contributed by atoms with Gasteiger partial charge in [-0.15, -0.1) is 0 Å². The van der Waals surface area contributed by atoms with Gasteiger partial charge in [0.05, 0.1) is 0 Å². The van der Waals surface area contributed by atoms with Gasteiger partial charge in [-0.3, -0.25) is 4.79 Å². The highest BCUT2D eigenvalue weighted by atomic mass is 19.4. The number of rotatable bonds is 1. The minimum atomic E-state index is -4.25. The Labute approximate surface area is 86.4 Å². The third-order valence-electron chi connectivity index (χ3n) is 2.60. The number of nitrogens with one attached hydrogen (secondary N) is 2. The fourth-order valence-corrected chi connectivity index (χ4v) is 1.92. The highest BCUT2D eigenvalue weighted by Gasteiger charge is 2.46. The normalized spacial score (nSPS) is 32.5. The van der Waals surface area contributed by atoms with E-state index in [1.807, 2.05) is 0 Å². The van der Waals surface area contributed by atoms with Crippen molar-refractivity contribution in [3.8, 4) is 0 Å². The van der Waals surface area contributed by atoms with Gasteiger partial charge in [-0.2, -0.15) is 13.2 Å². The van der Waals surface area contributed by atoms with Crippen LogP contribution in [0, 0.1) is 0 Å². The maximum Gasteiger partial charge on any atom is 0.403 e. The fraction of sp³-hybridized carbons (Fsp3) is 0.889. The molecule has 1 fully saturated rings. The molecule has 0 bridgehead atoms. The number of halogens is 3. The molecule has 15 heavy (non-hydrogen) atoms. The number of piperidine rings is 1. The van der Waals surface area contributed by atoms with Gasteiger partial charge in [0.15, 0.2) is 0 Å². The average molecular weight is 224 g/mol. The largest absolute Gasteiger partial charge is 0.403 e. The number of amides is 1. The lowest BCUT2D eigenvalue weighted by molar-refractivity contribution is -0.166. The second kappa shape index (κ2) is 4.00. The summed E-state index contributed by atoms with van der Waals surface area (Å²) in [6.45, 7) is 3.23. The molecule has 1 amide bonds. The van der Waals surface area contributed by atoms with E-state index in [1.165, 1.54) is 6.92 Å². The molecule has 1 saturated heterocycles. The smallest absolute Gasteiger partial charge is 0.351 e. The molecule has 0 aromatic rings. The monoisotopic (exact) mass is 224 g/mol. The lowest BCUT2D eigenvalue weighted by Gasteiger charge is -2.39. The van der Waals surface area contributed by atoms with Crippen LogP contribution >= 0.6 is 0 Å². The molecule has 0 radical (unpaired) electrons. The van der Waals surface area contributed by atoms with E-state index < -0.39 is 17.8 Å². The molecule has 2 atom stereocenters. The van der Waals surface area contributed by atoms with E-state index in [2.05, 4.69) is 10.6 Å². The summed E-state index contributed by atoms with van der Waals surface area (Å²) in [6.07, 6.45) is -3.85. The minimum Gasteiger partial charge on any atom is -0.351 e. The zero-order chi connectivity index (χ0) is 11.7. The van der Waals surface area contributed by atoms with Crippen LogP contribution in [0.15, 0.2) is 0 Å². The highest BCUT2D eigenvalue weighted by molar-refractivity contribution is 5.73. The van der Waals surface area contributed by atoms with Gasteiger partial charge in [0.1, 0.15) is 6.04 Å². The van der Waals surface area contributed by atoms with Crippen LogP contribution in [0.2, 0.25) is 0 Å². The first-order valence-electron chi connectivity index (χ1n) is 4.82. The SMILES string of the molecule is CC(=O)NC1(C)CCNC(C(F)(F)F)C1. The Balaban J connectivity index is 2.66. The molecular weight excluding hydrogens is 209 g/mol. The maximum absolute atomic E-state index is 12.4. The van der Waals surface area contributed by atoms with Crippen LogP contribution in [-0.4, -0.2) is 30.2 Å². The quantitative estimate of drug-likeness (QED) is 0.702. The summed E-state index contributed by atoms with van der Waals surface area (Å²) < 4.78 is 37.3. The van der Waals surface area contributed by atoms with Gasteiger partial charge in [-0.05, 0) is 26.3 Å². The maximum atomic E-state index is 12.4. The predicted octanol–water partition coefficient (Wildman–Crippen LogP) is 1.20. The molecule has 0 aliphatic carbocycles. The lowest BCUT2D eigenvalue weighted by Crippen LogP contribution is -2.59. The highest BCUT2D eigenvalue weighted by Crippen LogP contribution is 2.31. The van der Waals surface area contributed by atoms with Gasteiger partial charge in [0.25, 0.3) is 0 Å². The molecular formula is C9H15F3N2O. The van der Waals surface area contributed by atoms with E-state index in [4.69, 9.17) is 0 Å². The molecule has 2 unspecified atom stereocenters. The Morgan fingerprint density at radius 1 is 1.53 bits per heavy atom. The first-order valence-corrected chi connectivity index (χ1v) is 4.82. The number of carbonyl (C=O) groups excluding carboxylic acids is 1. The Hall–Kier alpha value is -0.780. The minimum absolute atomic E-state index is 0.115. The number of hydrogen-bond donors (Lipinski definition) is 2. The third kappa shape index (κ3) is 3.37. The standard InChI is InChI=1S/C9H15F3N2O/c1-6(15)14-8(2)3-4-13-7(5-8)9(10,11)12/h7,13H,3-5H2,1-2H3,(H,14,15). The van der Waals surface area contributed by atoms with E-state index in [-0.39, 0.29) is 18.9 Å². The van der Waals surface area contributed by atoms with Crippen molar-refractivity contribution in [3.05, 3.63) is 0 Å². The fourth-order valence-electron chi connectivity index (χ4n) is 1.92. The van der Waals surface area contributed by atoms with Crippen LogP contribution in [0.3, 0.4) is 0 Å². The summed E-state index contributed by atoms with van der Waals surface area (Å²) >= 11 is 0. The second-order valence-electron chi connectivity index (χ2n) is 4.24. The Morgan fingerprint density at radius 3 is 2.60 bits per heavy atom. The molecule has 0 aromatic carbocycles. The molecule has 0 saturated carbocycles. The second-order valence-corrected chi connectivity index (χ2v) is 4.24. The molecule has 3 nitrogen and oxygen atoms in total. The van der Waals surface area contributed by atoms with E-state index in [9.17, 15) is 18.0 Å². The summed E-state index contributed by atoms with van der Waals surface area (Å²) in [5.74, 6) is -0.291. The molecule has 1 rings (SSSR count). The van der Waals surface area contributed by atoms with Gasteiger partial charge in [-0.25, -0.2) is 0 Å². The van der Waals surface area contributed by atoms with Crippen molar-refractivity contribution in [1.82, 2.24) is 10.6 Å². The summed E-state index contributed by atoms with van der Waals surface area (Å²) in [4.78, 5) is 10.9. The van der Waals surface area contributed by atoms with Crippen molar-refractivity contribution < 1.29 is 18.0 Å². The first-order chi connectivity index (χ1) is 6.73. The van der Waals surface area contributed by atoms with Gasteiger partial charge in [0.2, 0.25) is 5.91 Å². The zero-order valence-electron chi connectivity index (χ0n) is 8.74. The van der Waals surface area contributed by atoms with Crippen LogP contribution in [0.25, 0.3) is 0 Å². The lowest BCUT2D eigenvalue weighted by atomic mass is 9.85. The Bertz CT molecular complexity index is 254. The van der Waals surface area contributed by atoms with Crippen LogP contribution in [0.1, 0.15) is 26.7 Å². The number of carbonyl (C=O) groups is 1. The molecule has 1 aliphatic rings. The van der Waals surface area contributed by atoms with E-state index >= 15 is 0 Å². The molecule has 0 spiro atoms. The van der Waals surface area contributed by atoms with Crippen molar-refractivity contribution in [2.45, 2.75) is 44.4 Å². The third-order valence-corrected chi connectivity index (χ3v) is 2.60. The van der Waals surface area contributed by atoms with Gasteiger partial charge >= 0.3 is 6.18 Å².